The summed E-state index contributed by atoms with van der Waals surface area (Å²) < 4.78 is 9.46. The lowest BCUT2D eigenvalue weighted by Gasteiger charge is -2.35. The molecule has 0 saturated carbocycles. The Kier molecular flexibility index (Phi) is 6.20. The maximum Gasteiger partial charge on any atom is 0.339 e. The van der Waals surface area contributed by atoms with Gasteiger partial charge in [0.15, 0.2) is 0 Å². The van der Waals surface area contributed by atoms with Crippen LogP contribution in [-0.4, -0.2) is 63.0 Å². The summed E-state index contributed by atoms with van der Waals surface area (Å²) >= 11 is 5.61. The largest absolute Gasteiger partial charge is 0.462 e. The van der Waals surface area contributed by atoms with Gasteiger partial charge in [-0.2, -0.15) is 5.10 Å². The molecule has 4 rings (SSSR count). The van der Waals surface area contributed by atoms with Gasteiger partial charge >= 0.3 is 5.97 Å². The van der Waals surface area contributed by atoms with Gasteiger partial charge in [0, 0.05) is 38.1 Å². The Labute approximate surface area is 180 Å². The van der Waals surface area contributed by atoms with Crippen molar-refractivity contribution < 1.29 is 9.53 Å². The lowest BCUT2D eigenvalue weighted by Crippen LogP contribution is -2.47. The molecule has 0 bridgehead atoms. The molecule has 2 aromatic heterocycles. The standard InChI is InChI=1S/C21H24N6O2S/c1-2-29-20(28)17-8-9-19(22-14-17)25-12-10-24(11-13-25)16-27-21(30)26(15-23-27)18-6-4-3-5-7-18/h3-9,14-15H,2,10-13,16H2,1H3. The molecule has 3 heterocycles. The average molecular weight is 425 g/mol. The van der Waals surface area contributed by atoms with Gasteiger partial charge in [-0.05, 0) is 43.4 Å². The minimum Gasteiger partial charge on any atom is -0.462 e. The van der Waals surface area contributed by atoms with Crippen LogP contribution in [0.1, 0.15) is 17.3 Å². The molecule has 1 aliphatic rings. The Morgan fingerprint density at radius 2 is 1.87 bits per heavy atom. The molecule has 0 amide bonds. The summed E-state index contributed by atoms with van der Waals surface area (Å²) in [6.07, 6.45) is 3.35. The second-order valence-electron chi connectivity index (χ2n) is 6.99. The Morgan fingerprint density at radius 1 is 1.10 bits per heavy atom. The summed E-state index contributed by atoms with van der Waals surface area (Å²) in [4.78, 5) is 20.7. The van der Waals surface area contributed by atoms with Gasteiger partial charge in [0.25, 0.3) is 0 Å². The topological polar surface area (TPSA) is 68.4 Å². The normalized spacial score (nSPS) is 14.6. The van der Waals surface area contributed by atoms with E-state index in [0.717, 1.165) is 37.7 Å². The van der Waals surface area contributed by atoms with Gasteiger partial charge in [-0.3, -0.25) is 9.47 Å². The smallest absolute Gasteiger partial charge is 0.339 e. The van der Waals surface area contributed by atoms with Gasteiger partial charge < -0.3 is 9.64 Å². The molecule has 3 aromatic rings. The molecule has 9 heteroatoms. The number of hydrogen-bond donors (Lipinski definition) is 0. The van der Waals surface area contributed by atoms with Crippen molar-refractivity contribution >= 4 is 24.0 Å². The van der Waals surface area contributed by atoms with Gasteiger partial charge in [0.2, 0.25) is 4.77 Å². The fourth-order valence-corrected chi connectivity index (χ4v) is 3.67. The lowest BCUT2D eigenvalue weighted by atomic mass is 10.2. The van der Waals surface area contributed by atoms with Crippen molar-refractivity contribution in [3.63, 3.8) is 0 Å². The highest BCUT2D eigenvalue weighted by Crippen LogP contribution is 2.15. The summed E-state index contributed by atoms with van der Waals surface area (Å²) in [5.41, 5.74) is 1.48. The third-order valence-corrected chi connectivity index (χ3v) is 5.46. The Balaban J connectivity index is 1.35. The van der Waals surface area contributed by atoms with E-state index in [-0.39, 0.29) is 5.97 Å². The Morgan fingerprint density at radius 3 is 2.53 bits per heavy atom. The number of aromatic nitrogens is 4. The van der Waals surface area contributed by atoms with E-state index in [1.807, 2.05) is 45.6 Å². The molecule has 0 radical (unpaired) electrons. The molecule has 156 valence electrons. The van der Waals surface area contributed by atoms with Crippen LogP contribution in [0.15, 0.2) is 55.0 Å². The highest BCUT2D eigenvalue weighted by Gasteiger charge is 2.19. The first-order chi connectivity index (χ1) is 14.7. The minimum atomic E-state index is -0.340. The van der Waals surface area contributed by atoms with Crippen molar-refractivity contribution in [3.05, 3.63) is 65.3 Å². The number of para-hydroxylation sites is 1. The maximum absolute atomic E-state index is 11.8. The molecule has 1 fully saturated rings. The van der Waals surface area contributed by atoms with E-state index < -0.39 is 0 Å². The third-order valence-electron chi connectivity index (χ3n) is 5.06. The summed E-state index contributed by atoms with van der Waals surface area (Å²) in [6.45, 7) is 6.25. The molecular formula is C21H24N6O2S. The summed E-state index contributed by atoms with van der Waals surface area (Å²) in [5, 5.41) is 4.47. The molecule has 1 aromatic carbocycles. The van der Waals surface area contributed by atoms with Crippen LogP contribution in [0.3, 0.4) is 0 Å². The summed E-state index contributed by atoms with van der Waals surface area (Å²) in [5.74, 6) is 0.528. The van der Waals surface area contributed by atoms with E-state index in [1.54, 1.807) is 25.5 Å². The second-order valence-corrected chi connectivity index (χ2v) is 7.36. The third kappa shape index (κ3) is 4.42. The van der Waals surface area contributed by atoms with Crippen LogP contribution in [0.2, 0.25) is 0 Å². The molecule has 1 aliphatic heterocycles. The van der Waals surface area contributed by atoms with Crippen molar-refractivity contribution in [1.82, 2.24) is 24.2 Å². The fourth-order valence-electron chi connectivity index (χ4n) is 3.42. The van der Waals surface area contributed by atoms with Crippen LogP contribution in [0, 0.1) is 4.77 Å². The van der Waals surface area contributed by atoms with E-state index in [2.05, 4.69) is 19.9 Å². The number of piperazine rings is 1. The summed E-state index contributed by atoms with van der Waals surface area (Å²) in [6, 6.07) is 13.6. The number of benzene rings is 1. The van der Waals surface area contributed by atoms with Crippen molar-refractivity contribution in [3.8, 4) is 5.69 Å². The van der Waals surface area contributed by atoms with E-state index in [4.69, 9.17) is 17.0 Å². The monoisotopic (exact) mass is 424 g/mol. The van der Waals surface area contributed by atoms with Crippen molar-refractivity contribution in [2.24, 2.45) is 0 Å². The lowest BCUT2D eigenvalue weighted by molar-refractivity contribution is 0.0526. The van der Waals surface area contributed by atoms with Crippen LogP contribution in [0.4, 0.5) is 5.82 Å². The molecule has 0 spiro atoms. The van der Waals surface area contributed by atoms with Crippen LogP contribution in [0.25, 0.3) is 5.69 Å². The first-order valence-electron chi connectivity index (χ1n) is 9.96. The van der Waals surface area contributed by atoms with Crippen molar-refractivity contribution in [1.29, 1.82) is 0 Å². The number of carbonyl (C=O) groups is 1. The second kappa shape index (κ2) is 9.19. The zero-order valence-corrected chi connectivity index (χ0v) is 17.7. The highest BCUT2D eigenvalue weighted by molar-refractivity contribution is 7.71. The predicted octanol–water partition coefficient (Wildman–Crippen LogP) is 2.75. The highest BCUT2D eigenvalue weighted by atomic mass is 32.1. The van der Waals surface area contributed by atoms with E-state index in [1.165, 1.54) is 0 Å². The number of rotatable bonds is 6. The van der Waals surface area contributed by atoms with E-state index in [0.29, 0.717) is 23.6 Å². The van der Waals surface area contributed by atoms with Gasteiger partial charge in [0.1, 0.15) is 12.1 Å². The first-order valence-corrected chi connectivity index (χ1v) is 10.4. The van der Waals surface area contributed by atoms with E-state index >= 15 is 0 Å². The van der Waals surface area contributed by atoms with Crippen LogP contribution >= 0.6 is 12.2 Å². The molecule has 0 atom stereocenters. The van der Waals surface area contributed by atoms with Crippen molar-refractivity contribution in [2.75, 3.05) is 37.7 Å². The number of pyridine rings is 1. The minimum absolute atomic E-state index is 0.340. The molecule has 0 N–H and O–H groups in total. The number of hydrogen-bond acceptors (Lipinski definition) is 7. The molecule has 1 saturated heterocycles. The number of nitrogens with zero attached hydrogens (tertiary/aromatic N) is 6. The van der Waals surface area contributed by atoms with Gasteiger partial charge in [0.05, 0.1) is 18.8 Å². The number of esters is 1. The van der Waals surface area contributed by atoms with Gasteiger partial charge in [-0.1, -0.05) is 18.2 Å². The zero-order chi connectivity index (χ0) is 20.9. The Hall–Kier alpha value is -3.04. The quantitative estimate of drug-likeness (QED) is 0.445. The van der Waals surface area contributed by atoms with Crippen molar-refractivity contribution in [2.45, 2.75) is 13.6 Å². The number of carbonyl (C=O) groups excluding carboxylic acids is 1. The SMILES string of the molecule is CCOC(=O)c1ccc(N2CCN(Cn3ncn(-c4ccccc4)c3=S)CC2)nc1. The van der Waals surface area contributed by atoms with E-state index in [9.17, 15) is 4.79 Å². The zero-order valence-electron chi connectivity index (χ0n) is 16.8. The molecule has 8 nitrogen and oxygen atoms in total. The van der Waals surface area contributed by atoms with Crippen LogP contribution < -0.4 is 4.90 Å². The summed E-state index contributed by atoms with van der Waals surface area (Å²) in [7, 11) is 0. The number of anilines is 1. The fraction of sp³-hybridized carbons (Fsp3) is 0.333. The van der Waals surface area contributed by atoms with Gasteiger partial charge in [-0.15, -0.1) is 0 Å². The molecular weight excluding hydrogens is 400 g/mol. The molecule has 30 heavy (non-hydrogen) atoms. The predicted molar refractivity (Wildman–Crippen MR) is 116 cm³/mol. The van der Waals surface area contributed by atoms with Gasteiger partial charge in [-0.25, -0.2) is 14.5 Å². The number of ether oxygens (including phenoxy) is 1. The van der Waals surface area contributed by atoms with Crippen LogP contribution in [-0.2, 0) is 11.4 Å². The Bertz CT molecular complexity index is 1040. The molecule has 0 aliphatic carbocycles. The molecule has 0 unspecified atom stereocenters. The first kappa shape index (κ1) is 20.2. The van der Waals surface area contributed by atoms with Crippen LogP contribution in [0.5, 0.6) is 0 Å². The average Bonchev–Trinajstić information content (AvgIpc) is 3.15. The maximum atomic E-state index is 11.8.